The Morgan fingerprint density at radius 3 is 2.24 bits per heavy atom. The molecular formula is C14H18N2O5. The van der Waals surface area contributed by atoms with E-state index < -0.39 is 6.04 Å². The Kier molecular flexibility index (Phi) is 4.52. The van der Waals surface area contributed by atoms with Gasteiger partial charge in [-0.1, -0.05) is 0 Å². The second kappa shape index (κ2) is 6.34. The molecule has 7 heteroatoms. The maximum atomic E-state index is 12.1. The summed E-state index contributed by atoms with van der Waals surface area (Å²) in [5, 5.41) is 5.35. The topological polar surface area (TPSA) is 85.9 Å². The van der Waals surface area contributed by atoms with Crippen molar-refractivity contribution in [2.75, 3.05) is 26.6 Å². The molecule has 2 rings (SSSR count). The van der Waals surface area contributed by atoms with E-state index in [1.54, 1.807) is 12.1 Å². The van der Waals surface area contributed by atoms with E-state index in [0.29, 0.717) is 35.8 Å². The average Bonchev–Trinajstić information content (AvgIpc) is 2.92. The number of nitrogens with one attached hydrogen (secondary N) is 2. The van der Waals surface area contributed by atoms with Crippen LogP contribution in [0.3, 0.4) is 0 Å². The van der Waals surface area contributed by atoms with Gasteiger partial charge in [0.05, 0.1) is 21.3 Å². The van der Waals surface area contributed by atoms with Gasteiger partial charge in [-0.05, 0) is 6.42 Å². The zero-order valence-electron chi connectivity index (χ0n) is 12.2. The van der Waals surface area contributed by atoms with Gasteiger partial charge in [-0.25, -0.2) is 0 Å². The first kappa shape index (κ1) is 15.0. The van der Waals surface area contributed by atoms with Gasteiger partial charge >= 0.3 is 0 Å². The summed E-state index contributed by atoms with van der Waals surface area (Å²) < 4.78 is 15.6. The van der Waals surface area contributed by atoms with Gasteiger partial charge in [0, 0.05) is 24.2 Å². The summed E-state index contributed by atoms with van der Waals surface area (Å²) in [4.78, 5) is 23.2. The molecule has 21 heavy (non-hydrogen) atoms. The SMILES string of the molecule is COc1cc(NC(=O)[C@@H]2CCC(=O)N2)cc(OC)c1OC. The Morgan fingerprint density at radius 1 is 1.19 bits per heavy atom. The van der Waals surface area contributed by atoms with E-state index in [2.05, 4.69) is 10.6 Å². The van der Waals surface area contributed by atoms with Crippen LogP contribution in [0.5, 0.6) is 17.2 Å². The van der Waals surface area contributed by atoms with E-state index in [1.807, 2.05) is 0 Å². The van der Waals surface area contributed by atoms with Gasteiger partial charge < -0.3 is 24.8 Å². The number of hydrogen-bond acceptors (Lipinski definition) is 5. The number of rotatable bonds is 5. The number of methoxy groups -OCH3 is 3. The molecule has 1 aromatic rings. The third-order valence-electron chi connectivity index (χ3n) is 3.24. The van der Waals surface area contributed by atoms with Gasteiger partial charge in [0.2, 0.25) is 17.6 Å². The van der Waals surface area contributed by atoms with Crippen LogP contribution in [-0.2, 0) is 9.59 Å². The van der Waals surface area contributed by atoms with E-state index >= 15 is 0 Å². The summed E-state index contributed by atoms with van der Waals surface area (Å²) in [5.41, 5.74) is 0.510. The van der Waals surface area contributed by atoms with Crippen molar-refractivity contribution in [2.24, 2.45) is 0 Å². The number of hydrogen-bond donors (Lipinski definition) is 2. The summed E-state index contributed by atoms with van der Waals surface area (Å²) in [7, 11) is 4.51. The first-order valence-corrected chi connectivity index (χ1v) is 6.49. The van der Waals surface area contributed by atoms with Crippen molar-refractivity contribution in [1.29, 1.82) is 0 Å². The molecule has 1 aliphatic heterocycles. The van der Waals surface area contributed by atoms with Crippen LogP contribution in [0.15, 0.2) is 12.1 Å². The third-order valence-corrected chi connectivity index (χ3v) is 3.24. The Labute approximate surface area is 122 Å². The molecule has 1 aromatic carbocycles. The number of amides is 2. The predicted octanol–water partition coefficient (Wildman–Crippen LogP) is 0.929. The smallest absolute Gasteiger partial charge is 0.246 e. The van der Waals surface area contributed by atoms with E-state index in [-0.39, 0.29) is 11.8 Å². The number of carbonyl (C=O) groups excluding carboxylic acids is 2. The fourth-order valence-corrected chi connectivity index (χ4v) is 2.19. The molecular weight excluding hydrogens is 276 g/mol. The van der Waals surface area contributed by atoms with Crippen LogP contribution >= 0.6 is 0 Å². The highest BCUT2D eigenvalue weighted by molar-refractivity contribution is 5.99. The fourth-order valence-electron chi connectivity index (χ4n) is 2.19. The minimum absolute atomic E-state index is 0.111. The maximum Gasteiger partial charge on any atom is 0.246 e. The molecule has 1 fully saturated rings. The largest absolute Gasteiger partial charge is 0.493 e. The molecule has 0 saturated carbocycles. The van der Waals surface area contributed by atoms with Crippen molar-refractivity contribution in [3.8, 4) is 17.2 Å². The van der Waals surface area contributed by atoms with Gasteiger partial charge in [-0.2, -0.15) is 0 Å². The van der Waals surface area contributed by atoms with Crippen LogP contribution in [0.25, 0.3) is 0 Å². The molecule has 2 N–H and O–H groups in total. The van der Waals surface area contributed by atoms with Crippen molar-refractivity contribution in [2.45, 2.75) is 18.9 Å². The number of anilines is 1. The lowest BCUT2D eigenvalue weighted by Gasteiger charge is -2.16. The number of ether oxygens (including phenoxy) is 3. The zero-order valence-corrected chi connectivity index (χ0v) is 12.2. The summed E-state index contributed by atoms with van der Waals surface area (Å²) in [6, 6.07) is 2.77. The van der Waals surface area contributed by atoms with Crippen molar-refractivity contribution < 1.29 is 23.8 Å². The molecule has 0 spiro atoms. The standard InChI is InChI=1S/C14H18N2O5/c1-19-10-6-8(7-11(20-2)13(10)21-3)15-14(18)9-4-5-12(17)16-9/h6-7,9H,4-5H2,1-3H3,(H,15,18)(H,16,17)/t9-/m0/s1. The summed E-state index contributed by atoms with van der Waals surface area (Å²) in [6.07, 6.45) is 0.864. The van der Waals surface area contributed by atoms with Gasteiger partial charge in [0.1, 0.15) is 6.04 Å². The van der Waals surface area contributed by atoms with Crippen molar-refractivity contribution in [1.82, 2.24) is 5.32 Å². The van der Waals surface area contributed by atoms with E-state index in [9.17, 15) is 9.59 Å². The Morgan fingerprint density at radius 2 is 1.81 bits per heavy atom. The molecule has 7 nitrogen and oxygen atoms in total. The van der Waals surface area contributed by atoms with Gasteiger partial charge in [-0.15, -0.1) is 0 Å². The van der Waals surface area contributed by atoms with Crippen LogP contribution < -0.4 is 24.8 Å². The lowest BCUT2D eigenvalue weighted by atomic mass is 10.2. The first-order chi connectivity index (χ1) is 10.1. The third kappa shape index (κ3) is 3.18. The molecule has 114 valence electrons. The van der Waals surface area contributed by atoms with E-state index in [1.165, 1.54) is 21.3 Å². The summed E-state index contributed by atoms with van der Waals surface area (Å²) >= 11 is 0. The molecule has 1 atom stereocenters. The monoisotopic (exact) mass is 294 g/mol. The van der Waals surface area contributed by atoms with Crippen LogP contribution in [0.4, 0.5) is 5.69 Å². The van der Waals surface area contributed by atoms with Gasteiger partial charge in [0.15, 0.2) is 11.5 Å². The Balaban J connectivity index is 2.20. The first-order valence-electron chi connectivity index (χ1n) is 6.49. The van der Waals surface area contributed by atoms with Crippen LogP contribution in [0.2, 0.25) is 0 Å². The minimum Gasteiger partial charge on any atom is -0.493 e. The van der Waals surface area contributed by atoms with Crippen molar-refractivity contribution in [3.63, 3.8) is 0 Å². The normalized spacial score (nSPS) is 17.1. The van der Waals surface area contributed by atoms with E-state index in [0.717, 1.165) is 0 Å². The number of carbonyl (C=O) groups is 2. The van der Waals surface area contributed by atoms with Crippen molar-refractivity contribution in [3.05, 3.63) is 12.1 Å². The van der Waals surface area contributed by atoms with Crippen molar-refractivity contribution >= 4 is 17.5 Å². The van der Waals surface area contributed by atoms with Gasteiger partial charge in [0.25, 0.3) is 0 Å². The lowest BCUT2D eigenvalue weighted by molar-refractivity contribution is -0.122. The Bertz CT molecular complexity index is 533. The number of benzene rings is 1. The molecule has 0 radical (unpaired) electrons. The molecule has 0 aliphatic carbocycles. The molecule has 2 amide bonds. The van der Waals surface area contributed by atoms with Gasteiger partial charge in [-0.3, -0.25) is 9.59 Å². The van der Waals surface area contributed by atoms with Crippen LogP contribution in [0, 0.1) is 0 Å². The Hall–Kier alpha value is -2.44. The lowest BCUT2D eigenvalue weighted by Crippen LogP contribution is -2.37. The molecule has 1 saturated heterocycles. The summed E-state index contributed by atoms with van der Waals surface area (Å²) in [6.45, 7) is 0. The van der Waals surface area contributed by atoms with E-state index in [4.69, 9.17) is 14.2 Å². The fraction of sp³-hybridized carbons (Fsp3) is 0.429. The highest BCUT2D eigenvalue weighted by Gasteiger charge is 2.27. The molecule has 0 aromatic heterocycles. The molecule has 1 heterocycles. The second-order valence-corrected chi connectivity index (χ2v) is 4.56. The maximum absolute atomic E-state index is 12.1. The molecule has 1 aliphatic rings. The predicted molar refractivity (Wildman–Crippen MR) is 75.9 cm³/mol. The highest BCUT2D eigenvalue weighted by atomic mass is 16.5. The van der Waals surface area contributed by atoms with Crippen LogP contribution in [-0.4, -0.2) is 39.2 Å². The average molecular weight is 294 g/mol. The minimum atomic E-state index is -0.503. The molecule has 0 unspecified atom stereocenters. The highest BCUT2D eigenvalue weighted by Crippen LogP contribution is 2.39. The molecule has 0 bridgehead atoms. The summed E-state index contributed by atoms with van der Waals surface area (Å²) in [5.74, 6) is 0.965. The zero-order chi connectivity index (χ0) is 15.4. The van der Waals surface area contributed by atoms with Crippen LogP contribution in [0.1, 0.15) is 12.8 Å². The second-order valence-electron chi connectivity index (χ2n) is 4.56. The quantitative estimate of drug-likeness (QED) is 0.843.